The molecule has 1 unspecified atom stereocenters. The highest BCUT2D eigenvalue weighted by Crippen LogP contribution is 2.60. The smallest absolute Gasteiger partial charge is 0.110 e. The Hall–Kier alpha value is 0.350. The summed E-state index contributed by atoms with van der Waals surface area (Å²) in [5, 5.41) is 0.342. The van der Waals surface area contributed by atoms with E-state index in [2.05, 4.69) is 25.4 Å². The van der Waals surface area contributed by atoms with Gasteiger partial charge in [-0.1, -0.05) is 20.8 Å². The van der Waals surface area contributed by atoms with E-state index >= 15 is 0 Å². The zero-order valence-electron chi connectivity index (χ0n) is 8.21. The maximum Gasteiger partial charge on any atom is 0.110 e. The fraction of sp³-hybridized carbons (Fsp3) is 1.00. The summed E-state index contributed by atoms with van der Waals surface area (Å²) in [5.74, 6) is 0. The van der Waals surface area contributed by atoms with Crippen LogP contribution in [0, 0.1) is 0 Å². The van der Waals surface area contributed by atoms with Crippen molar-refractivity contribution in [3.63, 3.8) is 0 Å². The SMILES string of the molecule is CC(C)(C)P1OC[C@H]2CCCN21. The van der Waals surface area contributed by atoms with Gasteiger partial charge >= 0.3 is 0 Å². The predicted octanol–water partition coefficient (Wildman–Crippen LogP) is 2.59. The van der Waals surface area contributed by atoms with Crippen molar-refractivity contribution in [3.8, 4) is 0 Å². The van der Waals surface area contributed by atoms with E-state index in [0.29, 0.717) is 5.16 Å². The van der Waals surface area contributed by atoms with Crippen LogP contribution in [0.1, 0.15) is 33.6 Å². The molecule has 0 aromatic carbocycles. The van der Waals surface area contributed by atoms with Crippen LogP contribution in [0.25, 0.3) is 0 Å². The fourth-order valence-electron chi connectivity index (χ4n) is 2.04. The molecule has 0 bridgehead atoms. The first-order chi connectivity index (χ1) is 5.59. The summed E-state index contributed by atoms with van der Waals surface area (Å²) in [6.45, 7) is 9.13. The molecule has 0 saturated carbocycles. The van der Waals surface area contributed by atoms with Gasteiger partial charge in [-0.3, -0.25) is 4.67 Å². The minimum atomic E-state index is -0.293. The molecule has 0 amide bonds. The molecule has 2 fully saturated rings. The highest BCUT2D eigenvalue weighted by molar-refractivity contribution is 7.52. The second-order valence-corrected chi connectivity index (χ2v) is 7.36. The lowest BCUT2D eigenvalue weighted by molar-refractivity contribution is 0.338. The third kappa shape index (κ3) is 1.41. The molecule has 70 valence electrons. The molecular weight excluding hydrogens is 169 g/mol. The first-order valence-corrected chi connectivity index (χ1v) is 6.00. The Labute approximate surface area is 76.2 Å². The topological polar surface area (TPSA) is 12.5 Å². The Morgan fingerprint density at radius 2 is 2.17 bits per heavy atom. The van der Waals surface area contributed by atoms with Gasteiger partial charge in [-0.25, -0.2) is 0 Å². The number of rotatable bonds is 0. The summed E-state index contributed by atoms with van der Waals surface area (Å²) < 4.78 is 8.48. The van der Waals surface area contributed by atoms with Gasteiger partial charge in [-0.15, -0.1) is 0 Å². The van der Waals surface area contributed by atoms with Crippen LogP contribution >= 0.6 is 8.30 Å². The van der Waals surface area contributed by atoms with Crippen molar-refractivity contribution >= 4 is 8.30 Å². The first kappa shape index (κ1) is 8.93. The average molecular weight is 187 g/mol. The summed E-state index contributed by atoms with van der Waals surface area (Å²) in [5.41, 5.74) is 0. The van der Waals surface area contributed by atoms with E-state index < -0.39 is 0 Å². The lowest BCUT2D eigenvalue weighted by Crippen LogP contribution is -2.25. The molecule has 0 aromatic rings. The lowest BCUT2D eigenvalue weighted by atomic mass is 10.2. The van der Waals surface area contributed by atoms with E-state index in [1.165, 1.54) is 19.4 Å². The molecule has 2 aliphatic heterocycles. The van der Waals surface area contributed by atoms with E-state index in [9.17, 15) is 0 Å². The summed E-state index contributed by atoms with van der Waals surface area (Å²) in [6.07, 6.45) is 2.73. The van der Waals surface area contributed by atoms with E-state index in [1.807, 2.05) is 0 Å². The highest BCUT2D eigenvalue weighted by atomic mass is 31.2. The molecule has 0 aromatic heterocycles. The predicted molar refractivity (Wildman–Crippen MR) is 52.4 cm³/mol. The Kier molecular flexibility index (Phi) is 2.18. The van der Waals surface area contributed by atoms with Gasteiger partial charge in [-0.05, 0) is 12.8 Å². The molecule has 2 atom stereocenters. The summed E-state index contributed by atoms with van der Waals surface area (Å²) in [6, 6.07) is 0.760. The van der Waals surface area contributed by atoms with Crippen LogP contribution in [0.15, 0.2) is 0 Å². The third-order valence-electron chi connectivity index (χ3n) is 2.54. The van der Waals surface area contributed by atoms with E-state index in [-0.39, 0.29) is 8.30 Å². The number of nitrogens with zero attached hydrogens (tertiary/aromatic N) is 1. The van der Waals surface area contributed by atoms with Crippen molar-refractivity contribution in [1.82, 2.24) is 4.67 Å². The van der Waals surface area contributed by atoms with Crippen LogP contribution in [0.3, 0.4) is 0 Å². The molecule has 0 aliphatic carbocycles. The van der Waals surface area contributed by atoms with Gasteiger partial charge in [-0.2, -0.15) is 0 Å². The number of hydrogen-bond donors (Lipinski definition) is 0. The van der Waals surface area contributed by atoms with Crippen molar-refractivity contribution in [1.29, 1.82) is 0 Å². The standard InChI is InChI=1S/C9H18NOP/c1-9(2,3)12-10-6-4-5-8(10)7-11-12/h8H,4-7H2,1-3H3/t8-,12?/m1/s1. The highest BCUT2D eigenvalue weighted by Gasteiger charge is 2.43. The first-order valence-electron chi connectivity index (χ1n) is 4.79. The van der Waals surface area contributed by atoms with Gasteiger partial charge in [0.2, 0.25) is 0 Å². The minimum Gasteiger partial charge on any atom is -0.341 e. The molecule has 12 heavy (non-hydrogen) atoms. The van der Waals surface area contributed by atoms with Crippen LogP contribution in [-0.4, -0.2) is 29.0 Å². The molecule has 0 N–H and O–H groups in total. The number of fused-ring (bicyclic) bond motifs is 1. The summed E-state index contributed by atoms with van der Waals surface area (Å²) >= 11 is 0. The quantitative estimate of drug-likeness (QED) is 0.540. The van der Waals surface area contributed by atoms with E-state index in [4.69, 9.17) is 4.52 Å². The van der Waals surface area contributed by atoms with E-state index in [0.717, 1.165) is 12.6 Å². The van der Waals surface area contributed by atoms with Crippen LogP contribution in [-0.2, 0) is 4.52 Å². The molecule has 2 nitrogen and oxygen atoms in total. The Bertz CT molecular complexity index is 178. The van der Waals surface area contributed by atoms with E-state index in [1.54, 1.807) is 0 Å². The molecule has 3 heteroatoms. The summed E-state index contributed by atoms with van der Waals surface area (Å²) in [4.78, 5) is 0. The van der Waals surface area contributed by atoms with Crippen molar-refractivity contribution in [3.05, 3.63) is 0 Å². The molecule has 0 spiro atoms. The van der Waals surface area contributed by atoms with Gasteiger partial charge < -0.3 is 4.52 Å². The zero-order valence-corrected chi connectivity index (χ0v) is 9.10. The van der Waals surface area contributed by atoms with Crippen molar-refractivity contribution in [2.75, 3.05) is 13.2 Å². The molecule has 2 heterocycles. The molecule has 2 aliphatic rings. The second-order valence-electron chi connectivity index (χ2n) is 4.70. The molecule has 2 saturated heterocycles. The van der Waals surface area contributed by atoms with Gasteiger partial charge in [0, 0.05) is 17.7 Å². The van der Waals surface area contributed by atoms with Crippen LogP contribution in [0.2, 0.25) is 0 Å². The molecular formula is C9H18NOP. The van der Waals surface area contributed by atoms with Gasteiger partial charge in [0.15, 0.2) is 0 Å². The van der Waals surface area contributed by atoms with Crippen LogP contribution in [0.5, 0.6) is 0 Å². The minimum absolute atomic E-state index is 0.293. The second kappa shape index (κ2) is 2.94. The summed E-state index contributed by atoms with van der Waals surface area (Å²) in [7, 11) is -0.293. The maximum absolute atomic E-state index is 5.88. The van der Waals surface area contributed by atoms with Crippen LogP contribution in [0.4, 0.5) is 0 Å². The van der Waals surface area contributed by atoms with Gasteiger partial charge in [0.25, 0.3) is 0 Å². The van der Waals surface area contributed by atoms with Gasteiger partial charge in [0.1, 0.15) is 8.30 Å². The zero-order chi connectivity index (χ0) is 8.77. The lowest BCUT2D eigenvalue weighted by Gasteiger charge is -2.31. The van der Waals surface area contributed by atoms with Crippen molar-refractivity contribution in [2.45, 2.75) is 44.8 Å². The average Bonchev–Trinajstić information content (AvgIpc) is 2.37. The molecule has 0 radical (unpaired) electrons. The van der Waals surface area contributed by atoms with Gasteiger partial charge in [0.05, 0.1) is 6.61 Å². The normalized spacial score (nSPS) is 37.2. The monoisotopic (exact) mass is 187 g/mol. The van der Waals surface area contributed by atoms with Crippen molar-refractivity contribution < 1.29 is 4.52 Å². The largest absolute Gasteiger partial charge is 0.341 e. The molecule has 2 rings (SSSR count). The number of hydrogen-bond acceptors (Lipinski definition) is 2. The maximum atomic E-state index is 5.88. The fourth-order valence-corrected chi connectivity index (χ4v) is 4.46. The third-order valence-corrected chi connectivity index (χ3v) is 5.08. The van der Waals surface area contributed by atoms with Crippen LogP contribution < -0.4 is 0 Å². The Morgan fingerprint density at radius 3 is 2.83 bits per heavy atom. The Morgan fingerprint density at radius 1 is 1.42 bits per heavy atom. The van der Waals surface area contributed by atoms with Crippen molar-refractivity contribution in [2.24, 2.45) is 0 Å². The Balaban J connectivity index is 2.09.